The predicted molar refractivity (Wildman–Crippen MR) is 511 cm³/mol. The Morgan fingerprint density at radius 1 is 0.481 bits per heavy atom. The zero-order valence-corrected chi connectivity index (χ0v) is 78.1. The lowest BCUT2D eigenvalue weighted by Crippen LogP contribution is -2.52. The van der Waals surface area contributed by atoms with Gasteiger partial charge in [-0.3, -0.25) is 53.1 Å². The summed E-state index contributed by atoms with van der Waals surface area (Å²) >= 11 is 6.95. The Kier molecular flexibility index (Phi) is 30.7. The maximum absolute atomic E-state index is 13.9. The average Bonchev–Trinajstić information content (AvgIpc) is 1.62. The van der Waals surface area contributed by atoms with Crippen LogP contribution in [0.5, 0.6) is 0 Å². The number of thioether (sulfide) groups is 4. The highest BCUT2D eigenvalue weighted by atomic mass is 32.2. The molecular formula is C96H115BN16O14S4. The summed E-state index contributed by atoms with van der Waals surface area (Å²) in [6.45, 7) is 19.9. The standard InChI is InChI=1S/C37H40N6O3S.C23H24N2O3S.C16H21BN4O2.C10H16N2O3S.C10H14N2O3S/c1-26-21-35(43(38-26)27-9-3-2-4-10-27)40-17-15-39(16-18-40)28-22-34(36(44)41-19-20-47-25-41)42(23-28)37(45)46-24-33-31-13-7-5-11-29(31)30-12-6-8-14-32(30)33;26-22(24-12-13-29-15-24)21-10-5-11-25(21)23(27)28-14-20-18-8-3-1-6-16(18)17-7-2-4-9-19(17)20;1-13-15(12-22)16(19-8-10-20(11-9-19)17(2)23)21(18-13)14-6-4-3-5-7-14;2*1-7(13)12-5-8(14)4-9(12)10(15)11-2-3-16-6-11/h2-14,21,28,33-34H,15-20,22-25H2,1H3;1-4,6-9,20-21H,5,10-15H2;3-7,12,23H,8-11H2,1-2H3;8-9,14H,2-6H2,1H3;9H,2-6H2,1H3/t28-,34-;21-;;8-,9+;9-/m00.10/s1. The van der Waals surface area contributed by atoms with E-state index in [1.165, 1.54) is 68.2 Å². The minimum Gasteiger partial charge on any atom is -0.448 e. The number of rotatable bonds is 15. The van der Waals surface area contributed by atoms with Crippen molar-refractivity contribution in [1.82, 2.24) is 68.5 Å². The smallest absolute Gasteiger partial charge is 0.410 e. The predicted octanol–water partition coefficient (Wildman–Crippen LogP) is 9.60. The molecular weight excluding hydrogens is 1740 g/mol. The molecule has 0 spiro atoms. The zero-order valence-electron chi connectivity index (χ0n) is 74.9. The summed E-state index contributed by atoms with van der Waals surface area (Å²) in [5.41, 5.74) is 13.9. The van der Waals surface area contributed by atoms with Gasteiger partial charge in [0.25, 0.3) is 0 Å². The van der Waals surface area contributed by atoms with E-state index in [0.29, 0.717) is 55.7 Å². The number of hydrogen-bond donors (Lipinski definition) is 2. The number of anilines is 2. The lowest BCUT2D eigenvalue weighted by atomic mass is 9.84. The maximum atomic E-state index is 13.9. The Morgan fingerprint density at radius 2 is 0.916 bits per heavy atom. The summed E-state index contributed by atoms with van der Waals surface area (Å²) in [4.78, 5) is 146. The fourth-order valence-corrected chi connectivity index (χ4v) is 23.6. The number of nitrogens with zero attached hydrogens (tertiary/aromatic N) is 16. The molecule has 690 valence electrons. The molecule has 20 rings (SSSR count). The van der Waals surface area contributed by atoms with E-state index < -0.39 is 31.3 Å². The van der Waals surface area contributed by atoms with Crippen LogP contribution in [0.25, 0.3) is 33.6 Å². The monoisotopic (exact) mass is 1850 g/mol. The molecule has 10 fully saturated rings. The molecule has 0 radical (unpaired) electrons. The van der Waals surface area contributed by atoms with Crippen molar-refractivity contribution in [2.45, 2.75) is 115 Å². The number of ketones is 1. The quantitative estimate of drug-likeness (QED) is 0.0712. The van der Waals surface area contributed by atoms with E-state index in [1.807, 2.05) is 123 Å². The SMILES string of the molecule is CB(O)N1CCN(c2c(C=O)c(C)nn2-c2ccccc2)CC1.CC(=O)N1CC(=O)C[C@H]1C(=O)N1CCSC1.CC(=O)N1C[C@H](O)C[C@H]1C(=O)N1CCSC1.Cc1cc(N2CCN([C@H]3C[C@@H](C(=O)N4CCSC4)N(C(=O)OCC4c5ccccc5-c5ccccc54)C3)CC2)n(-c2ccccc2)n1.O=C([C@@H]1CCCN1C(=O)OCC1c2ccccc2-c2ccccc21)N1CCSC1. The fourth-order valence-electron chi connectivity index (χ4n) is 19.8. The van der Waals surface area contributed by atoms with E-state index in [4.69, 9.17) is 14.6 Å². The van der Waals surface area contributed by atoms with Crippen LogP contribution in [-0.4, -0.2) is 346 Å². The number of likely N-dealkylation sites (tertiary alicyclic amines) is 4. The number of aliphatic hydroxyl groups excluding tert-OH is 1. The maximum Gasteiger partial charge on any atom is 0.410 e. The van der Waals surface area contributed by atoms with Crippen LogP contribution in [0.2, 0.25) is 6.82 Å². The number of β-amino-alcohol motifs (C(OH)–C–C–N with tert-alkyl or cyclic N) is 1. The first kappa shape index (κ1) is 93.6. The molecule has 2 aliphatic carbocycles. The van der Waals surface area contributed by atoms with Crippen molar-refractivity contribution in [3.05, 3.63) is 203 Å². The van der Waals surface area contributed by atoms with Crippen LogP contribution in [0.15, 0.2) is 164 Å². The van der Waals surface area contributed by atoms with Crippen molar-refractivity contribution in [3.63, 3.8) is 0 Å². The molecule has 6 aromatic carbocycles. The third-order valence-corrected chi connectivity index (χ3v) is 30.5. The van der Waals surface area contributed by atoms with Gasteiger partial charge in [0.05, 0.1) is 64.5 Å². The van der Waals surface area contributed by atoms with Crippen LogP contribution in [0.4, 0.5) is 21.2 Å². The molecule has 30 nitrogen and oxygen atoms in total. The lowest BCUT2D eigenvalue weighted by Gasteiger charge is -2.38. The number of ether oxygens (including phenoxy) is 2. The fraction of sp³-hybridized carbons (Fsp3) is 0.458. The Hall–Kier alpha value is -10.7. The first-order valence-corrected chi connectivity index (χ1v) is 50.0. The Labute approximate surface area is 782 Å². The van der Waals surface area contributed by atoms with Crippen molar-refractivity contribution in [2.24, 2.45) is 0 Å². The number of fused-ring (bicyclic) bond motifs is 6. The van der Waals surface area contributed by atoms with Crippen LogP contribution in [0.1, 0.15) is 102 Å². The largest absolute Gasteiger partial charge is 0.448 e. The second-order valence-electron chi connectivity index (χ2n) is 34.8. The number of aliphatic hydroxyl groups is 1. The number of benzene rings is 6. The van der Waals surface area contributed by atoms with E-state index in [0.717, 1.165) is 161 Å². The van der Waals surface area contributed by atoms with Crippen LogP contribution in [-0.2, 0) is 43.0 Å². The van der Waals surface area contributed by atoms with Crippen molar-refractivity contribution < 1.29 is 67.5 Å². The highest BCUT2D eigenvalue weighted by Crippen LogP contribution is 2.47. The van der Waals surface area contributed by atoms with E-state index in [9.17, 15) is 58.1 Å². The molecule has 2 N–H and O–H groups in total. The van der Waals surface area contributed by atoms with Crippen LogP contribution < -0.4 is 9.80 Å². The summed E-state index contributed by atoms with van der Waals surface area (Å²) in [7, 11) is -0.441. The van der Waals surface area contributed by atoms with Crippen molar-refractivity contribution in [2.75, 3.05) is 174 Å². The average molecular weight is 1860 g/mol. The third kappa shape index (κ3) is 21.1. The Bertz CT molecular complexity index is 5340. The van der Waals surface area contributed by atoms with Gasteiger partial charge in [-0.1, -0.05) is 133 Å². The van der Waals surface area contributed by atoms with Gasteiger partial charge >= 0.3 is 19.2 Å². The molecule has 6 atom stereocenters. The second-order valence-corrected chi connectivity index (χ2v) is 39.1. The summed E-state index contributed by atoms with van der Waals surface area (Å²) in [6.07, 6.45) is 2.33. The topological polar surface area (TPSA) is 304 Å². The van der Waals surface area contributed by atoms with Crippen LogP contribution >= 0.6 is 47.0 Å². The summed E-state index contributed by atoms with van der Waals surface area (Å²) in [5, 5.41) is 28.6. The highest BCUT2D eigenvalue weighted by molar-refractivity contribution is 8.00. The number of hydrogen-bond acceptors (Lipinski definition) is 24. The molecule has 10 aliphatic heterocycles. The molecule has 12 heterocycles. The molecule has 131 heavy (non-hydrogen) atoms. The van der Waals surface area contributed by atoms with Crippen molar-refractivity contribution in [1.29, 1.82) is 0 Å². The van der Waals surface area contributed by atoms with E-state index in [-0.39, 0.29) is 103 Å². The number of carbonyl (C=O) groups is 10. The number of aldehydes is 1. The molecule has 0 saturated carbocycles. The number of Topliss-reactive ketones (excluding diaryl/α,β-unsaturated/α-hetero) is 1. The molecule has 12 aliphatic rings. The molecule has 35 heteroatoms. The minimum atomic E-state index is -0.562. The first-order chi connectivity index (χ1) is 63.6. The highest BCUT2D eigenvalue weighted by Gasteiger charge is 2.48. The van der Waals surface area contributed by atoms with E-state index >= 15 is 0 Å². The van der Waals surface area contributed by atoms with Gasteiger partial charge in [-0.2, -0.15) is 10.2 Å². The van der Waals surface area contributed by atoms with Gasteiger partial charge in [-0.25, -0.2) is 19.0 Å². The molecule has 8 amide bonds. The second kappa shape index (κ2) is 42.9. The Morgan fingerprint density at radius 3 is 1.37 bits per heavy atom. The number of piperazine rings is 2. The zero-order chi connectivity index (χ0) is 91.5. The van der Waals surface area contributed by atoms with E-state index in [2.05, 4.69) is 98.7 Å². The summed E-state index contributed by atoms with van der Waals surface area (Å²) in [6, 6.07) is 53.8. The first-order valence-electron chi connectivity index (χ1n) is 45.4. The normalized spacial score (nSPS) is 21.7. The van der Waals surface area contributed by atoms with Crippen molar-refractivity contribution in [3.8, 4) is 33.6 Å². The summed E-state index contributed by atoms with van der Waals surface area (Å²) < 4.78 is 15.8. The van der Waals surface area contributed by atoms with Crippen LogP contribution in [0.3, 0.4) is 0 Å². The van der Waals surface area contributed by atoms with Gasteiger partial charge in [-0.05, 0) is 109 Å². The van der Waals surface area contributed by atoms with E-state index in [1.54, 1.807) is 73.5 Å². The van der Waals surface area contributed by atoms with Gasteiger partial charge in [-0.15, -0.1) is 47.0 Å². The number of amides is 8. The van der Waals surface area contributed by atoms with Crippen molar-refractivity contribution >= 4 is 125 Å². The van der Waals surface area contributed by atoms with Gasteiger partial charge in [0, 0.05) is 172 Å². The Balaban J connectivity index is 0.000000128. The minimum absolute atomic E-state index is 0.0169. The van der Waals surface area contributed by atoms with Gasteiger partial charge in [0.15, 0.2) is 12.1 Å². The van der Waals surface area contributed by atoms with Gasteiger partial charge in [0.2, 0.25) is 35.4 Å². The lowest BCUT2D eigenvalue weighted by molar-refractivity contribution is -0.141. The molecule has 10 saturated heterocycles. The number of para-hydroxylation sites is 2. The summed E-state index contributed by atoms with van der Waals surface area (Å²) in [5.74, 6) is 8.23. The molecule has 0 bridgehead atoms. The number of aromatic nitrogens is 4. The van der Waals surface area contributed by atoms with Crippen LogP contribution in [0, 0.1) is 13.8 Å². The number of aryl methyl sites for hydroxylation is 2. The molecule has 2 aromatic heterocycles. The number of carbonyl (C=O) groups excluding carboxylic acids is 10. The van der Waals surface area contributed by atoms with Gasteiger partial charge < -0.3 is 63.6 Å². The molecule has 8 aromatic rings. The van der Waals surface area contributed by atoms with Gasteiger partial charge in [0.1, 0.15) is 49.0 Å². The molecule has 0 unspecified atom stereocenters. The third-order valence-electron chi connectivity index (χ3n) is 26.6.